The third kappa shape index (κ3) is 9.42. The van der Waals surface area contributed by atoms with Crippen LogP contribution in [0.15, 0.2) is 152 Å². The first-order valence-electron chi connectivity index (χ1n) is 25.3. The van der Waals surface area contributed by atoms with Gasteiger partial charge in [-0.2, -0.15) is 0 Å². The van der Waals surface area contributed by atoms with Crippen LogP contribution < -0.4 is 11.1 Å². The van der Waals surface area contributed by atoms with Crippen LogP contribution in [0, 0.1) is 13.8 Å². The summed E-state index contributed by atoms with van der Waals surface area (Å²) in [6, 6.07) is 50.5. The van der Waals surface area contributed by atoms with E-state index in [0.29, 0.717) is 11.4 Å². The maximum atomic E-state index is 13.0. The molecule has 0 spiro atoms. The van der Waals surface area contributed by atoms with Gasteiger partial charge in [0.2, 0.25) is 0 Å². The molecule has 6 aromatic carbocycles. The van der Waals surface area contributed by atoms with Gasteiger partial charge in [-0.1, -0.05) is 191 Å². The molecule has 71 heavy (non-hydrogen) atoms. The molecule has 0 fully saturated rings. The minimum absolute atomic E-state index is 0.109. The van der Waals surface area contributed by atoms with Crippen molar-refractivity contribution in [2.45, 2.75) is 119 Å². The summed E-state index contributed by atoms with van der Waals surface area (Å²) < 4.78 is 2.41. The molecule has 8 aromatic rings. The van der Waals surface area contributed by atoms with Gasteiger partial charge in [0, 0.05) is 34.1 Å². The summed E-state index contributed by atoms with van der Waals surface area (Å²) in [5.41, 5.74) is 19.4. The van der Waals surface area contributed by atoms with Crippen LogP contribution in [0.25, 0.3) is 56.2 Å². The smallest absolute Gasteiger partial charge is 0.344 e. The van der Waals surface area contributed by atoms with E-state index in [1.807, 2.05) is 6.20 Å². The molecule has 5 nitrogen and oxygen atoms in total. The Morgan fingerprint density at radius 2 is 1.08 bits per heavy atom. The quantitative estimate of drug-likeness (QED) is 0.162. The summed E-state index contributed by atoms with van der Waals surface area (Å²) in [7, 11) is 2.21. The maximum Gasteiger partial charge on any atom is 0.344 e. The molecule has 0 atom stereocenters. The van der Waals surface area contributed by atoms with Crippen LogP contribution in [0.5, 0.6) is 5.75 Å². The number of hydrogen-bond donors (Lipinski definition) is 1. The first kappa shape index (κ1) is 49.1. The van der Waals surface area contributed by atoms with Crippen molar-refractivity contribution in [2.24, 2.45) is 0 Å². The van der Waals surface area contributed by atoms with Gasteiger partial charge in [-0.25, -0.2) is 4.98 Å². The average molecular weight is 935 g/mol. The second-order valence-corrected chi connectivity index (χ2v) is 24.0. The van der Waals surface area contributed by atoms with Crippen molar-refractivity contribution in [3.05, 3.63) is 197 Å². The van der Waals surface area contributed by atoms with Crippen LogP contribution in [0.3, 0.4) is 0 Å². The van der Waals surface area contributed by atoms with E-state index in [1.54, 1.807) is 0 Å². The maximum absolute atomic E-state index is 13.0. The van der Waals surface area contributed by atoms with Crippen molar-refractivity contribution in [3.8, 4) is 56.3 Å². The number of rotatable bonds is 7. The number of imidazole rings is 1. The number of hydrogen-bond acceptors (Lipinski definition) is 4. The molecule has 0 saturated carbocycles. The third-order valence-electron chi connectivity index (χ3n) is 14.5. The van der Waals surface area contributed by atoms with Crippen LogP contribution in [0.2, 0.25) is 0 Å². The Kier molecular flexibility index (Phi) is 12.5. The first-order valence-corrected chi connectivity index (χ1v) is 25.3. The molecule has 6 heteroatoms. The molecule has 0 aliphatic carbocycles. The Morgan fingerprint density at radius 3 is 1.69 bits per heavy atom. The lowest BCUT2D eigenvalue weighted by atomic mass is 9.47. The molecule has 0 amide bonds. The number of aromatic hydroxyl groups is 1. The largest absolute Gasteiger partial charge is 0.507 e. The van der Waals surface area contributed by atoms with Crippen LogP contribution >= 0.6 is 0 Å². The second kappa shape index (κ2) is 18.0. The fraction of sp³-hybridized carbons (Fsp3) is 0.292. The molecule has 3 heterocycles. The monoisotopic (exact) mass is 935 g/mol. The molecule has 1 aliphatic rings. The topological polar surface area (TPSA) is 54.2 Å². The summed E-state index contributed by atoms with van der Waals surface area (Å²) in [6.45, 7) is 31.2. The van der Waals surface area contributed by atoms with Crippen LogP contribution in [-0.2, 0) is 21.7 Å². The Labute approximate surface area is 424 Å². The predicted octanol–water partition coefficient (Wildman–Crippen LogP) is 14.9. The highest BCUT2D eigenvalue weighted by Crippen LogP contribution is 2.45. The standard InChI is InChI=1S/C65H71BN4O/c1-41-23-22-24-42(2)57(41)66-60-58(53(40-69(66)15)46-33-47(35-49(34-46)63(6,7)8)55-36-45(31-32-67-55)43-25-18-16-19-26-43)68-61(52-38-50(64(9,10)11)39-54(59(52)71)65(12,13)14)70(60)56-30-29-48(62(3,4)5)37-51(56)44-27-20-17-21-28-44/h16-40,71H,1-15H3. The van der Waals surface area contributed by atoms with E-state index in [2.05, 4.69) is 259 Å². The van der Waals surface area contributed by atoms with E-state index in [4.69, 9.17) is 9.97 Å². The zero-order valence-electron chi connectivity index (χ0n) is 44.7. The average Bonchev–Trinajstić information content (AvgIpc) is 3.71. The number of nitrogens with zero attached hydrogens (tertiary/aromatic N) is 4. The van der Waals surface area contributed by atoms with Gasteiger partial charge >= 0.3 is 6.85 Å². The Balaban J connectivity index is 1.44. The van der Waals surface area contributed by atoms with E-state index >= 15 is 0 Å². The van der Waals surface area contributed by atoms with E-state index in [9.17, 15) is 5.11 Å². The summed E-state index contributed by atoms with van der Waals surface area (Å²) in [6.07, 6.45) is 4.24. The fourth-order valence-electron chi connectivity index (χ4n) is 10.3. The molecule has 1 N–H and O–H groups in total. The van der Waals surface area contributed by atoms with Crippen LogP contribution in [0.4, 0.5) is 0 Å². The van der Waals surface area contributed by atoms with E-state index in [-0.39, 0.29) is 34.3 Å². The number of phenolic OH excluding ortho intramolecular Hbond substituents is 1. The molecule has 0 bridgehead atoms. The Morgan fingerprint density at radius 1 is 0.507 bits per heavy atom. The number of phenols is 1. The number of pyridine rings is 1. The summed E-state index contributed by atoms with van der Waals surface area (Å²) in [5.74, 6) is 0.956. The van der Waals surface area contributed by atoms with Crippen molar-refractivity contribution in [2.75, 3.05) is 7.05 Å². The highest BCUT2D eigenvalue weighted by Gasteiger charge is 2.41. The second-order valence-electron chi connectivity index (χ2n) is 24.0. The van der Waals surface area contributed by atoms with Gasteiger partial charge in [-0.15, -0.1) is 0 Å². The molecule has 0 radical (unpaired) electrons. The van der Waals surface area contributed by atoms with E-state index in [1.165, 1.54) is 27.7 Å². The number of fused-ring (bicyclic) bond motifs is 1. The lowest BCUT2D eigenvalue weighted by Gasteiger charge is -2.34. The molecule has 360 valence electrons. The van der Waals surface area contributed by atoms with Crippen molar-refractivity contribution < 1.29 is 5.11 Å². The van der Waals surface area contributed by atoms with Gasteiger partial charge in [0.1, 0.15) is 11.6 Å². The number of benzene rings is 6. The van der Waals surface area contributed by atoms with Gasteiger partial charge < -0.3 is 14.5 Å². The van der Waals surface area contributed by atoms with Crippen molar-refractivity contribution in [1.82, 2.24) is 19.3 Å². The molecule has 0 saturated heterocycles. The fourth-order valence-corrected chi connectivity index (χ4v) is 10.3. The zero-order chi connectivity index (χ0) is 50.9. The first-order chi connectivity index (χ1) is 33.4. The van der Waals surface area contributed by atoms with Gasteiger partial charge in [0.25, 0.3) is 0 Å². The molecular weight excluding hydrogens is 864 g/mol. The van der Waals surface area contributed by atoms with Gasteiger partial charge in [-0.3, -0.25) is 4.98 Å². The minimum atomic E-state index is -0.359. The summed E-state index contributed by atoms with van der Waals surface area (Å²) >= 11 is 0. The number of aromatic nitrogens is 3. The van der Waals surface area contributed by atoms with E-state index < -0.39 is 0 Å². The Hall–Kier alpha value is -6.92. The van der Waals surface area contributed by atoms with Crippen LogP contribution in [-0.4, -0.2) is 38.3 Å². The molecule has 1 aliphatic heterocycles. The Bertz CT molecular complexity index is 3310. The predicted molar refractivity (Wildman–Crippen MR) is 302 cm³/mol. The van der Waals surface area contributed by atoms with Crippen LogP contribution in [0.1, 0.15) is 128 Å². The van der Waals surface area contributed by atoms with Crippen molar-refractivity contribution >= 4 is 23.5 Å². The minimum Gasteiger partial charge on any atom is -0.507 e. The molecule has 0 unspecified atom stereocenters. The SMILES string of the molecule is Cc1cccc(C)c1B1c2c(nc(-c3cc(C(C)(C)C)cc(C(C)(C)C)c3O)n2-c2ccc(C(C)(C)C)cc2-c2ccccc2)C(c2cc(-c3cc(-c4ccccc4)ccn3)cc(C(C)(C)C)c2)=CN1C. The van der Waals surface area contributed by atoms with Gasteiger partial charge in [0.05, 0.1) is 22.6 Å². The van der Waals surface area contributed by atoms with Gasteiger partial charge in [0.15, 0.2) is 0 Å². The lowest BCUT2D eigenvalue weighted by molar-refractivity contribution is 0.446. The van der Waals surface area contributed by atoms with Gasteiger partial charge in [-0.05, 0) is 136 Å². The highest BCUT2D eigenvalue weighted by molar-refractivity contribution is 6.84. The highest BCUT2D eigenvalue weighted by atomic mass is 16.3. The lowest BCUT2D eigenvalue weighted by Crippen LogP contribution is -2.59. The third-order valence-corrected chi connectivity index (χ3v) is 14.5. The summed E-state index contributed by atoms with van der Waals surface area (Å²) in [4.78, 5) is 13.4. The molecule has 2 aromatic heterocycles. The zero-order valence-corrected chi connectivity index (χ0v) is 44.7. The molecular formula is C65H71BN4O. The number of aryl methyl sites for hydroxylation is 2. The van der Waals surface area contributed by atoms with Crippen molar-refractivity contribution in [1.29, 1.82) is 0 Å². The molecule has 9 rings (SSSR count). The summed E-state index contributed by atoms with van der Waals surface area (Å²) in [5, 5.41) is 13.0. The van der Waals surface area contributed by atoms with Crippen molar-refractivity contribution in [3.63, 3.8) is 0 Å². The normalized spacial score (nSPS) is 13.4. The van der Waals surface area contributed by atoms with E-state index in [0.717, 1.165) is 72.7 Å².